The van der Waals surface area contributed by atoms with Crippen LogP contribution in [-0.4, -0.2) is 25.9 Å². The third-order valence-corrected chi connectivity index (χ3v) is 4.40. The highest BCUT2D eigenvalue weighted by molar-refractivity contribution is 9.10. The van der Waals surface area contributed by atoms with Crippen LogP contribution in [0.25, 0.3) is 0 Å². The van der Waals surface area contributed by atoms with Crippen molar-refractivity contribution in [1.82, 2.24) is 5.32 Å². The monoisotopic (exact) mass is 327 g/mol. The molecule has 1 saturated heterocycles. The van der Waals surface area contributed by atoms with Crippen LogP contribution < -0.4 is 10.1 Å². The van der Waals surface area contributed by atoms with Gasteiger partial charge in [-0.2, -0.15) is 0 Å². The zero-order valence-corrected chi connectivity index (χ0v) is 13.4. The molecule has 0 spiro atoms. The molecule has 0 amide bonds. The van der Waals surface area contributed by atoms with Crippen molar-refractivity contribution >= 4 is 15.9 Å². The summed E-state index contributed by atoms with van der Waals surface area (Å²) in [5, 5.41) is 3.56. The lowest BCUT2D eigenvalue weighted by molar-refractivity contribution is -0.0121. The molecule has 1 aliphatic heterocycles. The van der Waals surface area contributed by atoms with Crippen LogP contribution in [0, 0.1) is 0 Å². The van der Waals surface area contributed by atoms with Gasteiger partial charge in [-0.1, -0.05) is 13.0 Å². The molecule has 0 bridgehead atoms. The highest BCUT2D eigenvalue weighted by Gasteiger charge is 2.39. The summed E-state index contributed by atoms with van der Waals surface area (Å²) in [6, 6.07) is 6.45. The van der Waals surface area contributed by atoms with E-state index in [1.54, 1.807) is 7.11 Å². The summed E-state index contributed by atoms with van der Waals surface area (Å²) in [6.45, 7) is 6.11. The zero-order valence-electron chi connectivity index (χ0n) is 11.8. The highest BCUT2D eigenvalue weighted by atomic mass is 79.9. The minimum absolute atomic E-state index is 0.121. The molecule has 19 heavy (non-hydrogen) atoms. The molecule has 4 heteroatoms. The van der Waals surface area contributed by atoms with E-state index in [0.29, 0.717) is 0 Å². The second kappa shape index (κ2) is 6.25. The number of ether oxygens (including phenoxy) is 2. The van der Waals surface area contributed by atoms with Gasteiger partial charge in [-0.15, -0.1) is 0 Å². The first kappa shape index (κ1) is 14.8. The summed E-state index contributed by atoms with van der Waals surface area (Å²) < 4.78 is 12.3. The number of benzene rings is 1. The number of rotatable bonds is 5. The summed E-state index contributed by atoms with van der Waals surface area (Å²) in [5.41, 5.74) is 1.11. The SMILES string of the molecule is CCNC(c1ccc(OC)c(Br)c1)C1(C)CCCO1. The Morgan fingerprint density at radius 2 is 2.32 bits per heavy atom. The number of likely N-dealkylation sites (N-methyl/N-ethyl adjacent to an activating group) is 1. The lowest BCUT2D eigenvalue weighted by Crippen LogP contribution is -2.41. The number of nitrogens with one attached hydrogen (secondary N) is 1. The number of halogens is 1. The van der Waals surface area contributed by atoms with Crippen LogP contribution in [0.5, 0.6) is 5.75 Å². The Labute approximate surface area is 123 Å². The first-order chi connectivity index (χ1) is 9.10. The molecule has 3 nitrogen and oxygen atoms in total. The second-order valence-electron chi connectivity index (χ2n) is 5.15. The quantitative estimate of drug-likeness (QED) is 0.894. The van der Waals surface area contributed by atoms with Crippen LogP contribution in [0.2, 0.25) is 0 Å². The molecule has 2 atom stereocenters. The normalized spacial score (nSPS) is 24.4. The predicted octanol–water partition coefficient (Wildman–Crippen LogP) is 3.68. The van der Waals surface area contributed by atoms with Crippen molar-refractivity contribution in [2.24, 2.45) is 0 Å². The van der Waals surface area contributed by atoms with Crippen LogP contribution in [-0.2, 0) is 4.74 Å². The summed E-state index contributed by atoms with van der Waals surface area (Å²) in [6.07, 6.45) is 2.23. The van der Waals surface area contributed by atoms with Gasteiger partial charge in [0.25, 0.3) is 0 Å². The molecule has 0 aliphatic carbocycles. The molecule has 0 radical (unpaired) electrons. The maximum Gasteiger partial charge on any atom is 0.133 e. The van der Waals surface area contributed by atoms with E-state index in [2.05, 4.69) is 47.2 Å². The Morgan fingerprint density at radius 3 is 2.84 bits per heavy atom. The van der Waals surface area contributed by atoms with Gasteiger partial charge in [-0.3, -0.25) is 0 Å². The topological polar surface area (TPSA) is 30.5 Å². The summed E-state index contributed by atoms with van der Waals surface area (Å²) in [4.78, 5) is 0. The van der Waals surface area contributed by atoms with Crippen molar-refractivity contribution in [3.05, 3.63) is 28.2 Å². The van der Waals surface area contributed by atoms with Gasteiger partial charge in [0.1, 0.15) is 5.75 Å². The number of hydrogen-bond donors (Lipinski definition) is 1. The molecule has 1 aromatic rings. The Kier molecular flexibility index (Phi) is 4.87. The standard InChI is InChI=1S/C15H22BrNO2/c1-4-17-14(15(2)8-5-9-19-15)11-6-7-13(18-3)12(16)10-11/h6-7,10,14,17H,4-5,8-9H2,1-3H3. The molecule has 0 saturated carbocycles. The summed E-state index contributed by atoms with van der Waals surface area (Å²) in [5.74, 6) is 0.858. The van der Waals surface area contributed by atoms with Crippen molar-refractivity contribution in [3.8, 4) is 5.75 Å². The summed E-state index contributed by atoms with van der Waals surface area (Å²) in [7, 11) is 1.68. The fourth-order valence-electron chi connectivity index (χ4n) is 2.78. The number of methoxy groups -OCH3 is 1. The van der Waals surface area contributed by atoms with E-state index in [9.17, 15) is 0 Å². The van der Waals surface area contributed by atoms with Crippen LogP contribution in [0.15, 0.2) is 22.7 Å². The van der Waals surface area contributed by atoms with Gasteiger partial charge in [0.15, 0.2) is 0 Å². The lowest BCUT2D eigenvalue weighted by Gasteiger charge is -2.34. The third kappa shape index (κ3) is 3.12. The van der Waals surface area contributed by atoms with E-state index in [0.717, 1.165) is 36.2 Å². The molecule has 1 N–H and O–H groups in total. The Bertz CT molecular complexity index is 430. The molecule has 1 aliphatic rings. The van der Waals surface area contributed by atoms with E-state index < -0.39 is 0 Å². The molecule has 2 unspecified atom stereocenters. The molecule has 0 aromatic heterocycles. The molecule has 2 rings (SSSR count). The molecule has 1 heterocycles. The predicted molar refractivity (Wildman–Crippen MR) is 80.7 cm³/mol. The van der Waals surface area contributed by atoms with E-state index >= 15 is 0 Å². The number of hydrogen-bond acceptors (Lipinski definition) is 3. The first-order valence-electron chi connectivity index (χ1n) is 6.81. The Hall–Kier alpha value is -0.580. The van der Waals surface area contributed by atoms with E-state index in [1.165, 1.54) is 5.56 Å². The molecule has 1 fully saturated rings. The highest BCUT2D eigenvalue weighted by Crippen LogP contribution is 2.39. The minimum atomic E-state index is -0.121. The van der Waals surface area contributed by atoms with E-state index in [-0.39, 0.29) is 11.6 Å². The maximum atomic E-state index is 6.00. The van der Waals surface area contributed by atoms with Crippen molar-refractivity contribution < 1.29 is 9.47 Å². The van der Waals surface area contributed by atoms with Crippen LogP contribution in [0.1, 0.15) is 38.3 Å². The zero-order chi connectivity index (χ0) is 13.9. The van der Waals surface area contributed by atoms with Crippen LogP contribution in [0.3, 0.4) is 0 Å². The van der Waals surface area contributed by atoms with Gasteiger partial charge in [-0.05, 0) is 59.9 Å². The summed E-state index contributed by atoms with van der Waals surface area (Å²) >= 11 is 3.56. The smallest absolute Gasteiger partial charge is 0.133 e. The van der Waals surface area contributed by atoms with E-state index in [1.807, 2.05) is 6.07 Å². The fourth-order valence-corrected chi connectivity index (χ4v) is 3.34. The second-order valence-corrected chi connectivity index (χ2v) is 6.00. The van der Waals surface area contributed by atoms with Crippen molar-refractivity contribution in [3.63, 3.8) is 0 Å². The molecule has 1 aromatic carbocycles. The largest absolute Gasteiger partial charge is 0.496 e. The van der Waals surface area contributed by atoms with Crippen LogP contribution >= 0.6 is 15.9 Å². The van der Waals surface area contributed by atoms with Gasteiger partial charge < -0.3 is 14.8 Å². The van der Waals surface area contributed by atoms with Gasteiger partial charge in [0.05, 0.1) is 23.2 Å². The fraction of sp³-hybridized carbons (Fsp3) is 0.600. The lowest BCUT2D eigenvalue weighted by atomic mass is 9.87. The van der Waals surface area contributed by atoms with Gasteiger partial charge in [0.2, 0.25) is 0 Å². The minimum Gasteiger partial charge on any atom is -0.496 e. The molecular formula is C15H22BrNO2. The maximum absolute atomic E-state index is 6.00. The molecular weight excluding hydrogens is 306 g/mol. The third-order valence-electron chi connectivity index (χ3n) is 3.78. The van der Waals surface area contributed by atoms with E-state index in [4.69, 9.17) is 9.47 Å². The van der Waals surface area contributed by atoms with Gasteiger partial charge in [-0.25, -0.2) is 0 Å². The van der Waals surface area contributed by atoms with Crippen molar-refractivity contribution in [2.75, 3.05) is 20.3 Å². The van der Waals surface area contributed by atoms with Crippen molar-refractivity contribution in [1.29, 1.82) is 0 Å². The average Bonchev–Trinajstić information content (AvgIpc) is 2.83. The van der Waals surface area contributed by atoms with Crippen molar-refractivity contribution in [2.45, 2.75) is 38.3 Å². The molecule has 106 valence electrons. The van der Waals surface area contributed by atoms with Crippen LogP contribution in [0.4, 0.5) is 0 Å². The Morgan fingerprint density at radius 1 is 1.53 bits per heavy atom. The van der Waals surface area contributed by atoms with Gasteiger partial charge >= 0.3 is 0 Å². The first-order valence-corrected chi connectivity index (χ1v) is 7.61. The van der Waals surface area contributed by atoms with Gasteiger partial charge in [0, 0.05) is 6.61 Å². The Balaban J connectivity index is 2.30. The average molecular weight is 328 g/mol.